The lowest BCUT2D eigenvalue weighted by Crippen LogP contribution is -2.37. The van der Waals surface area contributed by atoms with Crippen molar-refractivity contribution in [1.29, 1.82) is 0 Å². The van der Waals surface area contributed by atoms with Gasteiger partial charge in [0.1, 0.15) is 12.0 Å². The number of para-hydroxylation sites is 1. The van der Waals surface area contributed by atoms with Crippen LogP contribution in [-0.2, 0) is 0 Å². The maximum atomic E-state index is 12.6. The molecule has 1 atom stereocenters. The summed E-state index contributed by atoms with van der Waals surface area (Å²) in [4.78, 5) is 27.9. The number of nitrogens with zero attached hydrogens (tertiary/aromatic N) is 6. The van der Waals surface area contributed by atoms with E-state index in [1.165, 1.54) is 0 Å². The number of carbonyl (C=O) groups excluding carboxylic acids is 1. The molecule has 1 fully saturated rings. The van der Waals surface area contributed by atoms with E-state index in [0.717, 1.165) is 30.1 Å². The van der Waals surface area contributed by atoms with Crippen LogP contribution in [0, 0.1) is 0 Å². The summed E-state index contributed by atoms with van der Waals surface area (Å²) in [6.45, 7) is 1.52. The van der Waals surface area contributed by atoms with Gasteiger partial charge in [-0.3, -0.25) is 4.79 Å². The summed E-state index contributed by atoms with van der Waals surface area (Å²) in [6.07, 6.45) is 11.6. The largest absolute Gasteiger partial charge is 0.351 e. The van der Waals surface area contributed by atoms with Gasteiger partial charge < -0.3 is 19.2 Å². The molecule has 28 heavy (non-hydrogen) atoms. The summed E-state index contributed by atoms with van der Waals surface area (Å²) in [5.74, 6) is 0.686. The third-order valence-corrected chi connectivity index (χ3v) is 4.99. The Kier molecular flexibility index (Phi) is 4.01. The van der Waals surface area contributed by atoms with Crippen LogP contribution in [0.1, 0.15) is 16.9 Å². The molecule has 3 aromatic heterocycles. The van der Waals surface area contributed by atoms with Crippen molar-refractivity contribution < 1.29 is 4.79 Å². The van der Waals surface area contributed by atoms with Gasteiger partial charge in [-0.1, -0.05) is 18.2 Å². The number of hydrogen-bond acceptors (Lipinski definition) is 5. The predicted molar refractivity (Wildman–Crippen MR) is 105 cm³/mol. The Morgan fingerprint density at radius 2 is 1.89 bits per heavy atom. The zero-order valence-electron chi connectivity index (χ0n) is 15.1. The van der Waals surface area contributed by atoms with Crippen molar-refractivity contribution in [3.8, 4) is 5.69 Å². The lowest BCUT2D eigenvalue weighted by Gasteiger charge is -2.18. The van der Waals surface area contributed by atoms with Gasteiger partial charge in [-0.15, -0.1) is 0 Å². The van der Waals surface area contributed by atoms with Gasteiger partial charge in [0.05, 0.1) is 0 Å². The number of fused-ring (bicyclic) bond motifs is 1. The molecule has 1 saturated heterocycles. The Hall–Kier alpha value is -3.68. The number of amides is 1. The van der Waals surface area contributed by atoms with E-state index in [-0.39, 0.29) is 11.9 Å². The second-order valence-electron chi connectivity index (χ2n) is 6.82. The zero-order valence-corrected chi connectivity index (χ0v) is 15.1. The molecular weight excluding hydrogens is 354 g/mol. The van der Waals surface area contributed by atoms with Crippen LogP contribution < -0.4 is 10.2 Å². The number of anilines is 1. The number of nitrogens with one attached hydrogen (secondary N) is 1. The molecule has 1 amide bonds. The molecule has 0 unspecified atom stereocenters. The highest BCUT2D eigenvalue weighted by atomic mass is 16.2. The first kappa shape index (κ1) is 16.5. The smallest absolute Gasteiger partial charge is 0.271 e. The van der Waals surface area contributed by atoms with Crippen LogP contribution in [0.2, 0.25) is 0 Å². The topological polar surface area (TPSA) is 80.4 Å². The minimum absolute atomic E-state index is 0.0476. The van der Waals surface area contributed by atoms with E-state index in [1.807, 2.05) is 51.7 Å². The molecule has 0 bridgehead atoms. The molecule has 1 aromatic carbocycles. The van der Waals surface area contributed by atoms with Gasteiger partial charge >= 0.3 is 0 Å². The molecule has 1 aliphatic heterocycles. The number of benzene rings is 1. The quantitative estimate of drug-likeness (QED) is 0.591. The van der Waals surface area contributed by atoms with Crippen LogP contribution in [0.5, 0.6) is 0 Å². The molecule has 4 aromatic rings. The van der Waals surface area contributed by atoms with E-state index in [9.17, 15) is 4.79 Å². The number of aromatic nitrogens is 5. The molecule has 0 saturated carbocycles. The summed E-state index contributed by atoms with van der Waals surface area (Å²) in [7, 11) is 0. The standard InChI is InChI=1S/C20H19N7O/c28-20(17-13-27(14-23-17)16-4-2-1-3-5-16)24-15-6-9-26(12-15)19-18-21-7-10-25(18)11-8-22-19/h1-5,7-8,10-11,13-15H,6,9,12H2,(H,24,28)/t15-/m0/s1. The van der Waals surface area contributed by atoms with Crippen LogP contribution in [0.4, 0.5) is 5.82 Å². The Morgan fingerprint density at radius 3 is 2.75 bits per heavy atom. The normalized spacial score (nSPS) is 16.6. The van der Waals surface area contributed by atoms with Gasteiger partial charge in [-0.2, -0.15) is 0 Å². The lowest BCUT2D eigenvalue weighted by atomic mass is 10.2. The first-order chi connectivity index (χ1) is 13.8. The fourth-order valence-corrected chi connectivity index (χ4v) is 3.57. The van der Waals surface area contributed by atoms with Crippen LogP contribution in [-0.4, -0.2) is 49.0 Å². The second-order valence-corrected chi connectivity index (χ2v) is 6.82. The van der Waals surface area contributed by atoms with Crippen LogP contribution in [0.25, 0.3) is 11.3 Å². The third-order valence-electron chi connectivity index (χ3n) is 4.99. The average Bonchev–Trinajstić information content (AvgIpc) is 3.48. The minimum atomic E-state index is -0.159. The van der Waals surface area contributed by atoms with E-state index >= 15 is 0 Å². The lowest BCUT2D eigenvalue weighted by molar-refractivity contribution is 0.0936. The minimum Gasteiger partial charge on any atom is -0.351 e. The van der Waals surface area contributed by atoms with Gasteiger partial charge in [0, 0.05) is 55.8 Å². The van der Waals surface area contributed by atoms with E-state index in [2.05, 4.69) is 25.2 Å². The van der Waals surface area contributed by atoms with Crippen molar-refractivity contribution in [2.24, 2.45) is 0 Å². The van der Waals surface area contributed by atoms with Gasteiger partial charge in [0.15, 0.2) is 11.5 Å². The van der Waals surface area contributed by atoms with Crippen LogP contribution >= 0.6 is 0 Å². The van der Waals surface area contributed by atoms with Crippen molar-refractivity contribution in [3.63, 3.8) is 0 Å². The number of rotatable bonds is 4. The first-order valence-electron chi connectivity index (χ1n) is 9.21. The van der Waals surface area contributed by atoms with Gasteiger partial charge in [0.25, 0.3) is 5.91 Å². The summed E-state index contributed by atoms with van der Waals surface area (Å²) in [6, 6.07) is 9.86. The van der Waals surface area contributed by atoms with Crippen molar-refractivity contribution in [2.45, 2.75) is 12.5 Å². The monoisotopic (exact) mass is 373 g/mol. The predicted octanol–water partition coefficient (Wildman–Crippen LogP) is 1.92. The van der Waals surface area contributed by atoms with Crippen molar-refractivity contribution in [1.82, 2.24) is 29.2 Å². The highest BCUT2D eigenvalue weighted by molar-refractivity contribution is 5.92. The molecular formula is C20H19N7O. The number of carbonyl (C=O) groups is 1. The molecule has 0 spiro atoms. The third kappa shape index (κ3) is 2.98. The summed E-state index contributed by atoms with van der Waals surface area (Å²) in [5.41, 5.74) is 2.21. The molecule has 8 nitrogen and oxygen atoms in total. The van der Waals surface area contributed by atoms with E-state index in [0.29, 0.717) is 12.2 Å². The van der Waals surface area contributed by atoms with Gasteiger partial charge in [0.2, 0.25) is 0 Å². The highest BCUT2D eigenvalue weighted by Gasteiger charge is 2.27. The van der Waals surface area contributed by atoms with Crippen molar-refractivity contribution in [3.05, 3.63) is 73.3 Å². The van der Waals surface area contributed by atoms with Gasteiger partial charge in [-0.25, -0.2) is 15.0 Å². The SMILES string of the molecule is O=C(N[C@H]1CCN(c2nccn3ccnc23)C1)c1cn(-c2ccccc2)cn1. The molecule has 0 aliphatic carbocycles. The van der Waals surface area contributed by atoms with E-state index in [4.69, 9.17) is 0 Å². The molecule has 1 N–H and O–H groups in total. The highest BCUT2D eigenvalue weighted by Crippen LogP contribution is 2.22. The first-order valence-corrected chi connectivity index (χ1v) is 9.21. The number of hydrogen-bond donors (Lipinski definition) is 1. The fourth-order valence-electron chi connectivity index (χ4n) is 3.57. The number of imidazole rings is 2. The average molecular weight is 373 g/mol. The van der Waals surface area contributed by atoms with E-state index in [1.54, 1.807) is 24.9 Å². The molecule has 1 aliphatic rings. The second kappa shape index (κ2) is 6.80. The maximum Gasteiger partial charge on any atom is 0.271 e. The zero-order chi connectivity index (χ0) is 18.9. The fraction of sp³-hybridized carbons (Fsp3) is 0.200. The summed E-state index contributed by atoms with van der Waals surface area (Å²) >= 11 is 0. The van der Waals surface area contributed by atoms with E-state index < -0.39 is 0 Å². The summed E-state index contributed by atoms with van der Waals surface area (Å²) in [5, 5.41) is 3.09. The molecule has 140 valence electrons. The Labute approximate surface area is 161 Å². The van der Waals surface area contributed by atoms with Crippen molar-refractivity contribution in [2.75, 3.05) is 18.0 Å². The maximum absolute atomic E-state index is 12.6. The Morgan fingerprint density at radius 1 is 1.07 bits per heavy atom. The van der Waals surface area contributed by atoms with Crippen molar-refractivity contribution >= 4 is 17.4 Å². The Balaban J connectivity index is 1.27. The Bertz CT molecular complexity index is 1120. The molecule has 8 heteroatoms. The van der Waals surface area contributed by atoms with Crippen LogP contribution in [0.3, 0.4) is 0 Å². The molecule has 0 radical (unpaired) electrons. The summed E-state index contributed by atoms with van der Waals surface area (Å²) < 4.78 is 3.79. The molecule has 5 rings (SSSR count). The van der Waals surface area contributed by atoms with Crippen LogP contribution in [0.15, 0.2) is 67.6 Å². The molecule has 4 heterocycles. The van der Waals surface area contributed by atoms with Gasteiger partial charge in [-0.05, 0) is 18.6 Å².